The molecule has 124 valence electrons. The lowest BCUT2D eigenvalue weighted by Gasteiger charge is -2.13. The first-order valence-corrected chi connectivity index (χ1v) is 8.97. The van der Waals surface area contributed by atoms with Crippen LogP contribution in [0.4, 0.5) is 0 Å². The highest BCUT2D eigenvalue weighted by Gasteiger charge is 2.13. The van der Waals surface area contributed by atoms with Gasteiger partial charge in [0.1, 0.15) is 0 Å². The molecular weight excluding hydrogens is 310 g/mol. The van der Waals surface area contributed by atoms with Crippen molar-refractivity contribution >= 4 is 28.6 Å². The number of aromatic nitrogens is 2. The maximum Gasteiger partial charge on any atom is 0.262 e. The van der Waals surface area contributed by atoms with E-state index in [2.05, 4.69) is 10.3 Å². The van der Waals surface area contributed by atoms with E-state index in [4.69, 9.17) is 0 Å². The van der Waals surface area contributed by atoms with Gasteiger partial charge in [-0.2, -0.15) is 0 Å². The third kappa shape index (κ3) is 4.34. The first-order valence-electron chi connectivity index (χ1n) is 7.98. The Morgan fingerprint density at radius 1 is 1.35 bits per heavy atom. The van der Waals surface area contributed by atoms with E-state index in [-0.39, 0.29) is 23.3 Å². The second-order valence-corrected chi connectivity index (χ2v) is 6.48. The van der Waals surface area contributed by atoms with Gasteiger partial charge in [0.15, 0.2) is 5.16 Å². The number of amides is 1. The van der Waals surface area contributed by atoms with Crippen molar-refractivity contribution in [3.05, 3.63) is 34.6 Å². The molecule has 6 heteroatoms. The van der Waals surface area contributed by atoms with Crippen LogP contribution in [0.1, 0.15) is 33.6 Å². The Hall–Kier alpha value is -1.82. The average Bonchev–Trinajstić information content (AvgIpc) is 2.55. The average molecular weight is 333 g/mol. The van der Waals surface area contributed by atoms with E-state index in [1.165, 1.54) is 11.8 Å². The molecule has 0 aliphatic heterocycles. The zero-order chi connectivity index (χ0) is 16.8. The number of hydrogen-bond donors (Lipinski definition) is 1. The van der Waals surface area contributed by atoms with Crippen LogP contribution in [0.5, 0.6) is 0 Å². The second-order valence-electron chi connectivity index (χ2n) is 5.53. The summed E-state index contributed by atoms with van der Waals surface area (Å²) in [6.45, 7) is 6.63. The number of hydrogen-bond acceptors (Lipinski definition) is 4. The van der Waals surface area contributed by atoms with Crippen molar-refractivity contribution in [2.75, 3.05) is 5.75 Å². The van der Waals surface area contributed by atoms with Crippen LogP contribution in [0.15, 0.2) is 34.2 Å². The van der Waals surface area contributed by atoms with E-state index in [9.17, 15) is 9.59 Å². The van der Waals surface area contributed by atoms with Gasteiger partial charge in [-0.25, -0.2) is 4.98 Å². The Morgan fingerprint density at radius 3 is 2.78 bits per heavy atom. The van der Waals surface area contributed by atoms with Crippen LogP contribution < -0.4 is 10.9 Å². The number of nitrogens with one attached hydrogen (secondary N) is 1. The summed E-state index contributed by atoms with van der Waals surface area (Å²) in [5, 5.41) is 4.15. The number of para-hydroxylation sites is 1. The Balaban J connectivity index is 2.26. The fourth-order valence-corrected chi connectivity index (χ4v) is 3.06. The molecule has 0 aliphatic carbocycles. The van der Waals surface area contributed by atoms with Crippen LogP contribution in [0.2, 0.25) is 0 Å². The van der Waals surface area contributed by atoms with E-state index in [0.717, 1.165) is 12.8 Å². The first-order chi connectivity index (χ1) is 11.1. The van der Waals surface area contributed by atoms with E-state index >= 15 is 0 Å². The molecule has 0 spiro atoms. The van der Waals surface area contributed by atoms with Gasteiger partial charge in [0.2, 0.25) is 5.91 Å². The Labute approximate surface area is 140 Å². The van der Waals surface area contributed by atoms with Crippen LogP contribution in [0.25, 0.3) is 10.9 Å². The number of carbonyl (C=O) groups is 1. The normalized spacial score (nSPS) is 12.3. The molecule has 1 aromatic heterocycles. The molecule has 1 heterocycles. The predicted molar refractivity (Wildman–Crippen MR) is 94.9 cm³/mol. The molecule has 2 rings (SSSR count). The standard InChI is InChI=1S/C17H23N3O2S/c1-4-10-20-16(22)13-8-6-7-9-14(13)19-17(20)23-11-15(21)18-12(3)5-2/h6-9,12H,4-5,10-11H2,1-3H3,(H,18,21)/t12-/m0/s1. The topological polar surface area (TPSA) is 64.0 Å². The summed E-state index contributed by atoms with van der Waals surface area (Å²) >= 11 is 1.32. The van der Waals surface area contributed by atoms with Crippen LogP contribution in [0.3, 0.4) is 0 Å². The minimum atomic E-state index is -0.0396. The lowest BCUT2D eigenvalue weighted by molar-refractivity contribution is -0.119. The van der Waals surface area contributed by atoms with Gasteiger partial charge in [-0.1, -0.05) is 37.7 Å². The molecule has 0 aliphatic rings. The number of nitrogens with zero attached hydrogens (tertiary/aromatic N) is 2. The summed E-state index contributed by atoms with van der Waals surface area (Å²) in [5.74, 6) is 0.230. The maximum atomic E-state index is 12.6. The molecular formula is C17H23N3O2S. The number of rotatable bonds is 7. The number of thioether (sulfide) groups is 1. The second kappa shape index (κ2) is 8.15. The van der Waals surface area contributed by atoms with Gasteiger partial charge in [-0.05, 0) is 31.9 Å². The lowest BCUT2D eigenvalue weighted by Crippen LogP contribution is -2.33. The highest BCUT2D eigenvalue weighted by atomic mass is 32.2. The van der Waals surface area contributed by atoms with Gasteiger partial charge in [-0.3, -0.25) is 14.2 Å². The maximum absolute atomic E-state index is 12.6. The zero-order valence-corrected chi connectivity index (χ0v) is 14.7. The first kappa shape index (κ1) is 17.5. The van der Waals surface area contributed by atoms with Gasteiger partial charge >= 0.3 is 0 Å². The molecule has 2 aromatic rings. The largest absolute Gasteiger partial charge is 0.353 e. The van der Waals surface area contributed by atoms with E-state index in [0.29, 0.717) is 22.6 Å². The fourth-order valence-electron chi connectivity index (χ4n) is 2.23. The van der Waals surface area contributed by atoms with Crippen LogP contribution in [-0.4, -0.2) is 27.3 Å². The minimum absolute atomic E-state index is 0.0326. The van der Waals surface area contributed by atoms with Crippen molar-refractivity contribution in [2.45, 2.75) is 51.4 Å². The smallest absolute Gasteiger partial charge is 0.262 e. The molecule has 0 saturated carbocycles. The Morgan fingerprint density at radius 2 is 2.09 bits per heavy atom. The third-order valence-corrected chi connectivity index (χ3v) is 4.60. The molecule has 1 amide bonds. The van der Waals surface area contributed by atoms with Crippen molar-refractivity contribution < 1.29 is 4.79 Å². The summed E-state index contributed by atoms with van der Waals surface area (Å²) in [4.78, 5) is 29.1. The molecule has 0 bridgehead atoms. The van der Waals surface area contributed by atoms with Crippen molar-refractivity contribution in [1.29, 1.82) is 0 Å². The van der Waals surface area contributed by atoms with Gasteiger partial charge in [-0.15, -0.1) is 0 Å². The molecule has 1 atom stereocenters. The molecule has 0 unspecified atom stereocenters. The molecule has 1 aromatic carbocycles. The molecule has 5 nitrogen and oxygen atoms in total. The fraction of sp³-hybridized carbons (Fsp3) is 0.471. The van der Waals surface area contributed by atoms with Gasteiger partial charge in [0, 0.05) is 12.6 Å². The van der Waals surface area contributed by atoms with E-state index in [1.54, 1.807) is 10.6 Å². The Bertz CT molecular complexity index is 742. The van der Waals surface area contributed by atoms with E-state index < -0.39 is 0 Å². The van der Waals surface area contributed by atoms with Crippen molar-refractivity contribution in [3.63, 3.8) is 0 Å². The van der Waals surface area contributed by atoms with Crippen LogP contribution in [-0.2, 0) is 11.3 Å². The summed E-state index contributed by atoms with van der Waals surface area (Å²) in [6.07, 6.45) is 1.73. The number of benzene rings is 1. The predicted octanol–water partition coefficient (Wildman–Crippen LogP) is 2.81. The van der Waals surface area contributed by atoms with Crippen LogP contribution >= 0.6 is 11.8 Å². The van der Waals surface area contributed by atoms with Crippen molar-refractivity contribution in [1.82, 2.24) is 14.9 Å². The monoisotopic (exact) mass is 333 g/mol. The minimum Gasteiger partial charge on any atom is -0.353 e. The van der Waals surface area contributed by atoms with Gasteiger partial charge in [0.05, 0.1) is 16.7 Å². The van der Waals surface area contributed by atoms with Crippen LogP contribution in [0, 0.1) is 0 Å². The summed E-state index contributed by atoms with van der Waals surface area (Å²) in [6, 6.07) is 7.49. The number of carbonyl (C=O) groups excluding carboxylic acids is 1. The summed E-state index contributed by atoms with van der Waals surface area (Å²) in [7, 11) is 0. The third-order valence-electron chi connectivity index (χ3n) is 3.63. The summed E-state index contributed by atoms with van der Waals surface area (Å²) in [5.41, 5.74) is 0.636. The number of fused-ring (bicyclic) bond motifs is 1. The Kier molecular flexibility index (Phi) is 6.21. The van der Waals surface area contributed by atoms with Gasteiger partial charge < -0.3 is 5.32 Å². The highest BCUT2D eigenvalue weighted by Crippen LogP contribution is 2.18. The van der Waals surface area contributed by atoms with Crippen molar-refractivity contribution in [2.24, 2.45) is 0 Å². The van der Waals surface area contributed by atoms with E-state index in [1.807, 2.05) is 39.0 Å². The quantitative estimate of drug-likeness (QED) is 0.625. The molecule has 0 fully saturated rings. The molecule has 0 saturated heterocycles. The van der Waals surface area contributed by atoms with Crippen molar-refractivity contribution in [3.8, 4) is 0 Å². The molecule has 1 N–H and O–H groups in total. The SMILES string of the molecule is CCCn1c(SCC(=O)N[C@@H](C)CC)nc2ccccc2c1=O. The van der Waals surface area contributed by atoms with Gasteiger partial charge in [0.25, 0.3) is 5.56 Å². The highest BCUT2D eigenvalue weighted by molar-refractivity contribution is 7.99. The summed E-state index contributed by atoms with van der Waals surface area (Å²) < 4.78 is 1.67. The molecule has 0 radical (unpaired) electrons. The molecule has 23 heavy (non-hydrogen) atoms. The zero-order valence-electron chi connectivity index (χ0n) is 13.8. The lowest BCUT2D eigenvalue weighted by atomic mass is 10.2.